The van der Waals surface area contributed by atoms with Crippen LogP contribution in [0.4, 0.5) is 4.39 Å². The van der Waals surface area contributed by atoms with Crippen LogP contribution in [0.25, 0.3) is 10.9 Å². The van der Waals surface area contributed by atoms with Gasteiger partial charge in [-0.3, -0.25) is 9.78 Å². The van der Waals surface area contributed by atoms with Gasteiger partial charge in [-0.2, -0.15) is 0 Å². The first-order chi connectivity index (χ1) is 13.5. The van der Waals surface area contributed by atoms with E-state index in [0.717, 1.165) is 40.8 Å². The Bertz CT molecular complexity index is 1030. The number of halogens is 1. The molecule has 4 rings (SSSR count). The molecule has 1 aromatic heterocycles. The zero-order chi connectivity index (χ0) is 19.7. The molecule has 1 amide bonds. The lowest BCUT2D eigenvalue weighted by atomic mass is 10.0. The summed E-state index contributed by atoms with van der Waals surface area (Å²) in [5.74, 6) is 0.493. The normalized spacial score (nSPS) is 16.5. The second-order valence-electron chi connectivity index (χ2n) is 7.31. The lowest BCUT2D eigenvalue weighted by Gasteiger charge is -2.25. The summed E-state index contributed by atoms with van der Waals surface area (Å²) in [6, 6.07) is 14.3. The minimum Gasteiger partial charge on any atom is -0.497 e. The van der Waals surface area contributed by atoms with Crippen LogP contribution < -0.4 is 4.74 Å². The van der Waals surface area contributed by atoms with Crippen LogP contribution in [0.3, 0.4) is 0 Å². The number of likely N-dealkylation sites (tertiary alicyclic amines) is 1. The Morgan fingerprint density at radius 3 is 2.89 bits per heavy atom. The number of benzene rings is 2. The lowest BCUT2D eigenvalue weighted by Crippen LogP contribution is -2.37. The van der Waals surface area contributed by atoms with Gasteiger partial charge in [-0.25, -0.2) is 4.39 Å². The van der Waals surface area contributed by atoms with E-state index in [1.807, 2.05) is 42.2 Å². The molecule has 0 unspecified atom stereocenters. The van der Waals surface area contributed by atoms with Crippen LogP contribution >= 0.6 is 0 Å². The summed E-state index contributed by atoms with van der Waals surface area (Å²) in [6.07, 6.45) is 2.55. The summed E-state index contributed by atoms with van der Waals surface area (Å²) < 4.78 is 18.8. The van der Waals surface area contributed by atoms with Crippen molar-refractivity contribution in [3.05, 3.63) is 71.2 Å². The van der Waals surface area contributed by atoms with Crippen molar-refractivity contribution in [2.45, 2.75) is 32.2 Å². The summed E-state index contributed by atoms with van der Waals surface area (Å²) in [7, 11) is 1.62. The number of nitrogens with zero attached hydrogens (tertiary/aromatic N) is 2. The summed E-state index contributed by atoms with van der Waals surface area (Å²) >= 11 is 0. The Morgan fingerprint density at radius 2 is 2.11 bits per heavy atom. The minimum absolute atomic E-state index is 0.00590. The number of rotatable bonds is 4. The zero-order valence-corrected chi connectivity index (χ0v) is 16.1. The fourth-order valence-corrected chi connectivity index (χ4v) is 4.00. The van der Waals surface area contributed by atoms with Crippen molar-refractivity contribution in [1.29, 1.82) is 0 Å². The third-order valence-corrected chi connectivity index (χ3v) is 5.44. The van der Waals surface area contributed by atoms with Crippen molar-refractivity contribution >= 4 is 16.8 Å². The van der Waals surface area contributed by atoms with Crippen molar-refractivity contribution in [3.63, 3.8) is 0 Å². The molecule has 4 nitrogen and oxygen atoms in total. The molecule has 0 spiro atoms. The fourth-order valence-electron chi connectivity index (χ4n) is 4.00. The van der Waals surface area contributed by atoms with Gasteiger partial charge in [0, 0.05) is 18.0 Å². The molecule has 1 saturated heterocycles. The second kappa shape index (κ2) is 7.58. The Hall–Kier alpha value is -2.95. The number of methoxy groups -OCH3 is 1. The van der Waals surface area contributed by atoms with Gasteiger partial charge in [-0.1, -0.05) is 12.1 Å². The summed E-state index contributed by atoms with van der Waals surface area (Å²) in [5, 5.41) is 0.883. The van der Waals surface area contributed by atoms with Crippen LogP contribution in [0.5, 0.6) is 5.75 Å². The molecule has 0 aliphatic carbocycles. The number of pyridine rings is 1. The highest BCUT2D eigenvalue weighted by molar-refractivity contribution is 5.99. The standard InChI is InChI=1S/C23H23FN2O2/c1-15-21(14-17-13-20(28-2)8-9-22(17)25-15)23(27)26-10-4-7-19(26)12-16-5-3-6-18(24)11-16/h3,5-6,8-9,11,13-14,19H,4,7,10,12H2,1-2H3/t19-/m1/s1. The molecule has 0 N–H and O–H groups in total. The van der Waals surface area contributed by atoms with E-state index >= 15 is 0 Å². The van der Waals surface area contributed by atoms with E-state index in [1.54, 1.807) is 19.2 Å². The molecule has 2 heterocycles. The van der Waals surface area contributed by atoms with Crippen molar-refractivity contribution in [2.24, 2.45) is 0 Å². The van der Waals surface area contributed by atoms with Crippen LogP contribution in [0.1, 0.15) is 34.5 Å². The van der Waals surface area contributed by atoms with E-state index in [1.165, 1.54) is 6.07 Å². The number of amides is 1. The molecule has 0 bridgehead atoms. The second-order valence-corrected chi connectivity index (χ2v) is 7.31. The van der Waals surface area contributed by atoms with E-state index in [0.29, 0.717) is 18.5 Å². The third kappa shape index (κ3) is 3.57. The highest BCUT2D eigenvalue weighted by atomic mass is 19.1. The number of aromatic nitrogens is 1. The maximum absolute atomic E-state index is 13.5. The first-order valence-corrected chi connectivity index (χ1v) is 9.56. The molecule has 1 atom stereocenters. The number of ether oxygens (including phenoxy) is 1. The van der Waals surface area contributed by atoms with Crippen LogP contribution in [0, 0.1) is 12.7 Å². The van der Waals surface area contributed by atoms with Gasteiger partial charge in [0.05, 0.1) is 23.9 Å². The largest absolute Gasteiger partial charge is 0.497 e. The molecule has 0 radical (unpaired) electrons. The Labute approximate surface area is 164 Å². The molecule has 1 aliphatic heterocycles. The van der Waals surface area contributed by atoms with Crippen LogP contribution in [0.2, 0.25) is 0 Å². The molecule has 28 heavy (non-hydrogen) atoms. The number of carbonyl (C=O) groups excluding carboxylic acids is 1. The van der Waals surface area contributed by atoms with E-state index in [2.05, 4.69) is 4.98 Å². The van der Waals surface area contributed by atoms with Gasteiger partial charge in [0.15, 0.2) is 0 Å². The molecule has 3 aromatic rings. The number of aryl methyl sites for hydroxylation is 1. The minimum atomic E-state index is -0.239. The molecule has 5 heteroatoms. The topological polar surface area (TPSA) is 42.4 Å². The fraction of sp³-hybridized carbons (Fsp3) is 0.304. The van der Waals surface area contributed by atoms with Crippen LogP contribution in [-0.2, 0) is 6.42 Å². The first kappa shape index (κ1) is 18.4. The average Bonchev–Trinajstić information content (AvgIpc) is 3.14. The maximum Gasteiger partial charge on any atom is 0.255 e. The van der Waals surface area contributed by atoms with Crippen LogP contribution in [-0.4, -0.2) is 35.5 Å². The number of carbonyl (C=O) groups is 1. The van der Waals surface area contributed by atoms with Gasteiger partial charge in [0.2, 0.25) is 0 Å². The average molecular weight is 378 g/mol. The van der Waals surface area contributed by atoms with Crippen LogP contribution in [0.15, 0.2) is 48.5 Å². The van der Waals surface area contributed by atoms with Gasteiger partial charge >= 0.3 is 0 Å². The summed E-state index contributed by atoms with van der Waals surface area (Å²) in [4.78, 5) is 19.8. The van der Waals surface area contributed by atoms with E-state index < -0.39 is 0 Å². The molecular formula is C23H23FN2O2. The highest BCUT2D eigenvalue weighted by Crippen LogP contribution is 2.27. The number of hydrogen-bond acceptors (Lipinski definition) is 3. The van der Waals surface area contributed by atoms with Gasteiger partial charge in [0.1, 0.15) is 11.6 Å². The predicted octanol–water partition coefficient (Wildman–Crippen LogP) is 4.54. The molecule has 2 aromatic carbocycles. The van der Waals surface area contributed by atoms with Gasteiger partial charge < -0.3 is 9.64 Å². The molecule has 1 fully saturated rings. The van der Waals surface area contributed by atoms with Gasteiger partial charge in [-0.15, -0.1) is 0 Å². The Balaban J connectivity index is 1.63. The van der Waals surface area contributed by atoms with Gasteiger partial charge in [-0.05, 0) is 68.1 Å². The highest BCUT2D eigenvalue weighted by Gasteiger charge is 2.30. The van der Waals surface area contributed by atoms with Crippen molar-refractivity contribution in [1.82, 2.24) is 9.88 Å². The maximum atomic E-state index is 13.5. The Kier molecular flexibility index (Phi) is 4.99. The quantitative estimate of drug-likeness (QED) is 0.669. The van der Waals surface area contributed by atoms with E-state index in [9.17, 15) is 9.18 Å². The van der Waals surface area contributed by atoms with Crippen molar-refractivity contribution in [3.8, 4) is 5.75 Å². The van der Waals surface area contributed by atoms with Crippen molar-refractivity contribution in [2.75, 3.05) is 13.7 Å². The number of hydrogen-bond donors (Lipinski definition) is 0. The molecule has 144 valence electrons. The third-order valence-electron chi connectivity index (χ3n) is 5.44. The monoisotopic (exact) mass is 378 g/mol. The first-order valence-electron chi connectivity index (χ1n) is 9.56. The van der Waals surface area contributed by atoms with E-state index in [4.69, 9.17) is 4.74 Å². The summed E-state index contributed by atoms with van der Waals surface area (Å²) in [6.45, 7) is 2.59. The van der Waals surface area contributed by atoms with Gasteiger partial charge in [0.25, 0.3) is 5.91 Å². The zero-order valence-electron chi connectivity index (χ0n) is 16.1. The molecular weight excluding hydrogens is 355 g/mol. The number of fused-ring (bicyclic) bond motifs is 1. The SMILES string of the molecule is COc1ccc2nc(C)c(C(=O)N3CCC[C@@H]3Cc3cccc(F)c3)cc2c1. The van der Waals surface area contributed by atoms with Crippen molar-refractivity contribution < 1.29 is 13.9 Å². The van der Waals surface area contributed by atoms with E-state index in [-0.39, 0.29) is 17.8 Å². The molecule has 1 aliphatic rings. The summed E-state index contributed by atoms with van der Waals surface area (Å²) in [5.41, 5.74) is 3.10. The Morgan fingerprint density at radius 1 is 1.25 bits per heavy atom. The predicted molar refractivity (Wildman–Crippen MR) is 107 cm³/mol. The smallest absolute Gasteiger partial charge is 0.255 e. The lowest BCUT2D eigenvalue weighted by molar-refractivity contribution is 0.0735. The molecule has 0 saturated carbocycles.